The summed E-state index contributed by atoms with van der Waals surface area (Å²) >= 11 is 0. The van der Waals surface area contributed by atoms with Crippen LogP contribution in [0.25, 0.3) is 0 Å². The molecular weight excluding hydrogens is 156 g/mol. The summed E-state index contributed by atoms with van der Waals surface area (Å²) in [5, 5.41) is 16.0. The number of rotatable bonds is 1. The van der Waals surface area contributed by atoms with E-state index in [4.69, 9.17) is 10.2 Å². The molecule has 72 valence electrons. The van der Waals surface area contributed by atoms with E-state index >= 15 is 0 Å². The molecule has 0 bridgehead atoms. The lowest BCUT2D eigenvalue weighted by Crippen LogP contribution is -2.03. The normalized spacial score (nSPS) is 19.4. The fraction of sp³-hybridized carbons (Fsp3) is 0.889. The van der Waals surface area contributed by atoms with Crippen molar-refractivity contribution >= 4 is 5.78 Å². The first-order valence-electron chi connectivity index (χ1n) is 4.47. The quantitative estimate of drug-likeness (QED) is 0.620. The molecule has 0 heterocycles. The number of aliphatic hydroxyl groups excluding tert-OH is 2. The van der Waals surface area contributed by atoms with E-state index in [0.717, 1.165) is 25.7 Å². The molecule has 3 heteroatoms. The topological polar surface area (TPSA) is 57.5 Å². The molecule has 1 rings (SSSR count). The van der Waals surface area contributed by atoms with Gasteiger partial charge < -0.3 is 10.2 Å². The molecular formula is C9H18O3. The number of carbonyl (C=O) groups is 1. The van der Waals surface area contributed by atoms with Crippen LogP contribution in [0.4, 0.5) is 0 Å². The van der Waals surface area contributed by atoms with Crippen LogP contribution in [0.15, 0.2) is 0 Å². The summed E-state index contributed by atoms with van der Waals surface area (Å²) in [6.45, 7) is 1.39. The van der Waals surface area contributed by atoms with Gasteiger partial charge in [-0.2, -0.15) is 0 Å². The van der Waals surface area contributed by atoms with Crippen molar-refractivity contribution in [3.63, 3.8) is 0 Å². The first kappa shape index (κ1) is 11.6. The smallest absolute Gasteiger partial charge is 0.132 e. The first-order valence-corrected chi connectivity index (χ1v) is 4.47. The van der Waals surface area contributed by atoms with E-state index in [0.29, 0.717) is 5.78 Å². The van der Waals surface area contributed by atoms with Crippen molar-refractivity contribution in [3.05, 3.63) is 0 Å². The Morgan fingerprint density at radius 3 is 1.92 bits per heavy atom. The predicted molar refractivity (Wildman–Crippen MR) is 46.9 cm³/mol. The highest BCUT2D eigenvalue weighted by Crippen LogP contribution is 2.12. The lowest BCUT2D eigenvalue weighted by atomic mass is 10.00. The fourth-order valence-corrected chi connectivity index (χ4v) is 0.946. The highest BCUT2D eigenvalue weighted by molar-refractivity contribution is 5.78. The number of hydrogen-bond donors (Lipinski definition) is 2. The van der Waals surface area contributed by atoms with Gasteiger partial charge in [-0.1, -0.05) is 6.42 Å². The van der Waals surface area contributed by atoms with Crippen molar-refractivity contribution in [2.24, 2.45) is 0 Å². The minimum absolute atomic E-state index is 0.139. The largest absolute Gasteiger partial charge is 0.394 e. The number of aliphatic hydroxyl groups is 2. The lowest BCUT2D eigenvalue weighted by molar-refractivity contribution is -0.120. The highest BCUT2D eigenvalue weighted by atomic mass is 16.3. The Morgan fingerprint density at radius 2 is 1.75 bits per heavy atom. The molecule has 0 amide bonds. The predicted octanol–water partition coefficient (Wildman–Crippen LogP) is 0.879. The second-order valence-corrected chi connectivity index (χ2v) is 3.13. The van der Waals surface area contributed by atoms with Gasteiger partial charge in [0.25, 0.3) is 0 Å². The second kappa shape index (κ2) is 7.25. The van der Waals surface area contributed by atoms with Crippen LogP contribution in [-0.2, 0) is 4.79 Å². The molecule has 3 nitrogen and oxygen atoms in total. The minimum Gasteiger partial charge on any atom is -0.394 e. The van der Waals surface area contributed by atoms with E-state index in [2.05, 4.69) is 0 Å². The average Bonchev–Trinajstić information content (AvgIpc) is 2.07. The molecule has 1 aliphatic carbocycles. The van der Waals surface area contributed by atoms with Crippen LogP contribution in [-0.4, -0.2) is 28.7 Å². The molecule has 1 atom stereocenters. The Hall–Kier alpha value is -0.410. The van der Waals surface area contributed by atoms with Crippen LogP contribution < -0.4 is 0 Å². The Labute approximate surface area is 73.4 Å². The zero-order valence-electron chi connectivity index (χ0n) is 7.62. The van der Waals surface area contributed by atoms with Crippen LogP contribution in [0.1, 0.15) is 39.0 Å². The van der Waals surface area contributed by atoms with Crippen molar-refractivity contribution in [3.8, 4) is 0 Å². The molecule has 12 heavy (non-hydrogen) atoms. The van der Waals surface area contributed by atoms with Crippen LogP contribution in [0.3, 0.4) is 0 Å². The molecule has 1 saturated carbocycles. The first-order chi connectivity index (χ1) is 5.66. The third-order valence-corrected chi connectivity index (χ3v) is 1.68. The van der Waals surface area contributed by atoms with Crippen molar-refractivity contribution in [1.82, 2.24) is 0 Å². The summed E-state index contributed by atoms with van der Waals surface area (Å²) in [7, 11) is 0. The van der Waals surface area contributed by atoms with Crippen molar-refractivity contribution < 1.29 is 15.0 Å². The van der Waals surface area contributed by atoms with E-state index in [1.54, 1.807) is 0 Å². The van der Waals surface area contributed by atoms with E-state index in [-0.39, 0.29) is 6.61 Å². The monoisotopic (exact) mass is 174 g/mol. The van der Waals surface area contributed by atoms with Gasteiger partial charge in [0.1, 0.15) is 5.78 Å². The molecule has 1 fully saturated rings. The number of carbonyl (C=O) groups excluding carboxylic acids is 1. The van der Waals surface area contributed by atoms with E-state index in [9.17, 15) is 4.79 Å². The Balaban J connectivity index is 0.000000217. The molecule has 2 N–H and O–H groups in total. The molecule has 1 aliphatic rings. The molecule has 0 spiro atoms. The summed E-state index contributed by atoms with van der Waals surface area (Å²) in [6, 6.07) is 0. The van der Waals surface area contributed by atoms with Gasteiger partial charge >= 0.3 is 0 Å². The third kappa shape index (κ3) is 7.69. The molecule has 0 aromatic rings. The Bertz CT molecular complexity index is 113. The summed E-state index contributed by atoms with van der Waals surface area (Å²) in [5.41, 5.74) is 0. The number of ketones is 1. The van der Waals surface area contributed by atoms with Gasteiger partial charge in [-0.25, -0.2) is 0 Å². The van der Waals surface area contributed by atoms with Gasteiger partial charge in [0.2, 0.25) is 0 Å². The minimum atomic E-state index is -0.560. The highest BCUT2D eigenvalue weighted by Gasteiger charge is 2.05. The maximum absolute atomic E-state index is 10.5. The lowest BCUT2D eigenvalue weighted by Gasteiger charge is -2.05. The summed E-state index contributed by atoms with van der Waals surface area (Å²) in [6.07, 6.45) is 4.68. The number of Topliss-reactive ketones (excluding diaryl/α,β-unsaturated/α-hetero) is 1. The molecule has 1 unspecified atom stereocenters. The van der Waals surface area contributed by atoms with Gasteiger partial charge in [0.15, 0.2) is 0 Å². The second-order valence-electron chi connectivity index (χ2n) is 3.13. The fourth-order valence-electron chi connectivity index (χ4n) is 0.946. The Morgan fingerprint density at radius 1 is 1.33 bits per heavy atom. The molecule has 0 aromatic carbocycles. The third-order valence-electron chi connectivity index (χ3n) is 1.68. The van der Waals surface area contributed by atoms with Crippen LogP contribution in [0.5, 0.6) is 0 Å². The summed E-state index contributed by atoms with van der Waals surface area (Å²) in [4.78, 5) is 10.5. The van der Waals surface area contributed by atoms with Gasteiger partial charge in [0.05, 0.1) is 12.7 Å². The standard InChI is InChI=1S/C6H10O.C3H8O2/c7-6-4-2-1-3-5-6;1-3(5)2-4/h1-5H2;3-5H,2H2,1H3. The van der Waals surface area contributed by atoms with Crippen LogP contribution >= 0.6 is 0 Å². The zero-order valence-corrected chi connectivity index (χ0v) is 7.62. The van der Waals surface area contributed by atoms with E-state index < -0.39 is 6.10 Å². The van der Waals surface area contributed by atoms with Crippen molar-refractivity contribution in [1.29, 1.82) is 0 Å². The van der Waals surface area contributed by atoms with E-state index in [1.807, 2.05) is 0 Å². The summed E-state index contributed by atoms with van der Waals surface area (Å²) < 4.78 is 0. The maximum atomic E-state index is 10.5. The summed E-state index contributed by atoms with van der Waals surface area (Å²) in [5.74, 6) is 0.464. The van der Waals surface area contributed by atoms with Gasteiger partial charge in [-0.3, -0.25) is 4.79 Å². The van der Waals surface area contributed by atoms with Crippen LogP contribution in [0.2, 0.25) is 0 Å². The van der Waals surface area contributed by atoms with Gasteiger partial charge in [-0.05, 0) is 19.8 Å². The van der Waals surface area contributed by atoms with Gasteiger partial charge in [0, 0.05) is 12.8 Å². The van der Waals surface area contributed by atoms with Crippen LogP contribution in [0, 0.1) is 0 Å². The average molecular weight is 174 g/mol. The van der Waals surface area contributed by atoms with Crippen molar-refractivity contribution in [2.45, 2.75) is 45.1 Å². The molecule has 0 aliphatic heterocycles. The van der Waals surface area contributed by atoms with E-state index in [1.165, 1.54) is 13.3 Å². The number of hydrogen-bond acceptors (Lipinski definition) is 3. The molecule has 0 aromatic heterocycles. The van der Waals surface area contributed by atoms with Crippen molar-refractivity contribution in [2.75, 3.05) is 6.61 Å². The molecule has 0 radical (unpaired) electrons. The Kier molecular flexibility index (Phi) is 7.00. The maximum Gasteiger partial charge on any atom is 0.132 e. The SMILES string of the molecule is CC(O)CO.O=C1CCCCC1. The molecule has 0 saturated heterocycles. The zero-order chi connectivity index (χ0) is 9.40. The van der Waals surface area contributed by atoms with Gasteiger partial charge in [-0.15, -0.1) is 0 Å².